The summed E-state index contributed by atoms with van der Waals surface area (Å²) in [5.41, 5.74) is 1.89. The van der Waals surface area contributed by atoms with E-state index in [9.17, 15) is 0 Å². The van der Waals surface area contributed by atoms with E-state index in [1.165, 1.54) is 7.11 Å². The summed E-state index contributed by atoms with van der Waals surface area (Å²) in [5.74, 6) is -4.36. The van der Waals surface area contributed by atoms with Crippen molar-refractivity contribution in [3.8, 4) is 0 Å². The van der Waals surface area contributed by atoms with Crippen LogP contribution in [0.4, 0.5) is 8.78 Å². The summed E-state index contributed by atoms with van der Waals surface area (Å²) in [6.07, 6.45) is -2.63. The van der Waals surface area contributed by atoms with E-state index in [0.717, 1.165) is 11.1 Å². The molecule has 0 unspecified atom stereocenters. The van der Waals surface area contributed by atoms with Crippen LogP contribution in [0.1, 0.15) is 31.4 Å². The van der Waals surface area contributed by atoms with Gasteiger partial charge in [-0.15, -0.1) is 0 Å². The highest BCUT2D eigenvalue weighted by molar-refractivity contribution is 5.15. The topological polar surface area (TPSA) is 36.9 Å². The van der Waals surface area contributed by atoms with E-state index in [-0.39, 0.29) is 13.4 Å². The van der Waals surface area contributed by atoms with Crippen LogP contribution in [-0.2, 0) is 32.2 Å². The second-order valence-corrected chi connectivity index (χ2v) is 8.06. The normalized spacial score (nSPS) is 27.8. The summed E-state index contributed by atoms with van der Waals surface area (Å²) >= 11 is 0. The summed E-state index contributed by atoms with van der Waals surface area (Å²) in [7, 11) is 1.42. The molecule has 0 aromatic heterocycles. The van der Waals surface area contributed by atoms with Crippen LogP contribution in [0, 0.1) is 11.8 Å². The SMILES string of the molecule is CC[C@@H]1[C@@H](C)[C@H](OCc2ccccc2)[C@@H](OCc2ccccc2)[C@H](OCOC)C1(F)F. The zero-order chi connectivity index (χ0) is 22.3. The maximum atomic E-state index is 15.5. The summed E-state index contributed by atoms with van der Waals surface area (Å²) in [6, 6.07) is 19.2. The van der Waals surface area contributed by atoms with Crippen molar-refractivity contribution in [2.45, 2.75) is 57.7 Å². The van der Waals surface area contributed by atoms with Gasteiger partial charge in [0.25, 0.3) is 5.92 Å². The monoisotopic (exact) mass is 434 g/mol. The van der Waals surface area contributed by atoms with Gasteiger partial charge in [-0.1, -0.05) is 74.5 Å². The number of benzene rings is 2. The Morgan fingerprint density at radius 1 is 0.806 bits per heavy atom. The molecule has 5 atom stereocenters. The van der Waals surface area contributed by atoms with Crippen molar-refractivity contribution in [2.24, 2.45) is 11.8 Å². The van der Waals surface area contributed by atoms with Gasteiger partial charge in [-0.3, -0.25) is 0 Å². The molecule has 0 spiro atoms. The minimum Gasteiger partial charge on any atom is -0.370 e. The lowest BCUT2D eigenvalue weighted by Crippen LogP contribution is -2.63. The molecular formula is C25H32F2O4. The second kappa shape index (κ2) is 11.1. The molecule has 2 aromatic carbocycles. The third-order valence-corrected chi connectivity index (χ3v) is 6.02. The summed E-state index contributed by atoms with van der Waals surface area (Å²) < 4.78 is 53.8. The van der Waals surface area contributed by atoms with Crippen molar-refractivity contribution < 1.29 is 27.7 Å². The van der Waals surface area contributed by atoms with Gasteiger partial charge in [-0.2, -0.15) is 0 Å². The molecule has 0 saturated heterocycles. The van der Waals surface area contributed by atoms with Gasteiger partial charge in [0, 0.05) is 13.0 Å². The van der Waals surface area contributed by atoms with Gasteiger partial charge in [0.2, 0.25) is 0 Å². The maximum Gasteiger partial charge on any atom is 0.279 e. The van der Waals surface area contributed by atoms with E-state index in [2.05, 4.69) is 0 Å². The average Bonchev–Trinajstić information content (AvgIpc) is 2.78. The number of methoxy groups -OCH3 is 1. The Labute approximate surface area is 183 Å². The van der Waals surface area contributed by atoms with Crippen molar-refractivity contribution in [3.05, 3.63) is 71.8 Å². The highest BCUT2D eigenvalue weighted by Crippen LogP contribution is 2.47. The van der Waals surface area contributed by atoms with Gasteiger partial charge in [0.15, 0.2) is 6.10 Å². The molecule has 3 rings (SSSR count). The Morgan fingerprint density at radius 2 is 1.32 bits per heavy atom. The molecule has 31 heavy (non-hydrogen) atoms. The molecule has 2 aromatic rings. The lowest BCUT2D eigenvalue weighted by atomic mass is 9.71. The van der Waals surface area contributed by atoms with Crippen molar-refractivity contribution in [1.82, 2.24) is 0 Å². The molecule has 4 nitrogen and oxygen atoms in total. The first-order valence-electron chi connectivity index (χ1n) is 10.8. The summed E-state index contributed by atoms with van der Waals surface area (Å²) in [5, 5.41) is 0. The molecule has 0 aliphatic heterocycles. The molecule has 0 amide bonds. The smallest absolute Gasteiger partial charge is 0.279 e. The average molecular weight is 435 g/mol. The van der Waals surface area contributed by atoms with E-state index in [0.29, 0.717) is 13.0 Å². The quantitative estimate of drug-likeness (QED) is 0.466. The molecule has 170 valence electrons. The fourth-order valence-electron chi connectivity index (χ4n) is 4.43. The van der Waals surface area contributed by atoms with E-state index in [1.54, 1.807) is 6.92 Å². The number of alkyl halides is 2. The Bertz CT molecular complexity index is 772. The first-order chi connectivity index (χ1) is 15.0. The molecule has 0 bridgehead atoms. The zero-order valence-corrected chi connectivity index (χ0v) is 18.4. The molecule has 6 heteroatoms. The standard InChI is InChI=1S/C25H32F2O4/c1-4-21-18(2)22(29-15-19-11-7-5-8-12-19)23(24(25(21,26)27)31-17-28-3)30-16-20-13-9-6-10-14-20/h5-14,18,21-24H,4,15-17H2,1-3H3/t18-,21-,22+,23-,24+/m1/s1. The van der Waals surface area contributed by atoms with Crippen molar-refractivity contribution in [1.29, 1.82) is 0 Å². The highest BCUT2D eigenvalue weighted by atomic mass is 19.3. The first-order valence-corrected chi connectivity index (χ1v) is 10.8. The third-order valence-electron chi connectivity index (χ3n) is 6.02. The van der Waals surface area contributed by atoms with Gasteiger partial charge < -0.3 is 18.9 Å². The van der Waals surface area contributed by atoms with Crippen molar-refractivity contribution in [3.63, 3.8) is 0 Å². The lowest BCUT2D eigenvalue weighted by molar-refractivity contribution is -0.298. The lowest BCUT2D eigenvalue weighted by Gasteiger charge is -2.49. The minimum atomic E-state index is -3.07. The third kappa shape index (κ3) is 5.69. The van der Waals surface area contributed by atoms with Gasteiger partial charge in [-0.05, 0) is 23.5 Å². The van der Waals surface area contributed by atoms with Crippen LogP contribution in [0.15, 0.2) is 60.7 Å². The van der Waals surface area contributed by atoms with Gasteiger partial charge >= 0.3 is 0 Å². The number of hydrogen-bond acceptors (Lipinski definition) is 4. The van der Waals surface area contributed by atoms with Gasteiger partial charge in [0.05, 0.1) is 19.3 Å². The predicted molar refractivity (Wildman–Crippen MR) is 115 cm³/mol. The van der Waals surface area contributed by atoms with Crippen LogP contribution in [0.25, 0.3) is 0 Å². The number of hydrogen-bond donors (Lipinski definition) is 0. The van der Waals surface area contributed by atoms with E-state index in [1.807, 2.05) is 67.6 Å². The number of rotatable bonds is 10. The second-order valence-electron chi connectivity index (χ2n) is 8.06. The van der Waals surface area contributed by atoms with Gasteiger partial charge in [0.1, 0.15) is 12.9 Å². The molecular weight excluding hydrogens is 402 g/mol. The molecule has 0 heterocycles. The van der Waals surface area contributed by atoms with Crippen LogP contribution >= 0.6 is 0 Å². The van der Waals surface area contributed by atoms with Crippen molar-refractivity contribution in [2.75, 3.05) is 13.9 Å². The molecule has 1 aliphatic rings. The van der Waals surface area contributed by atoms with Crippen molar-refractivity contribution >= 4 is 0 Å². The molecule has 0 N–H and O–H groups in total. The Morgan fingerprint density at radius 3 is 1.81 bits per heavy atom. The van der Waals surface area contributed by atoms with E-state index >= 15 is 8.78 Å². The minimum absolute atomic E-state index is 0.198. The number of ether oxygens (including phenoxy) is 4. The molecule has 1 fully saturated rings. The molecule has 1 aliphatic carbocycles. The van der Waals surface area contributed by atoms with Crippen LogP contribution in [0.2, 0.25) is 0 Å². The summed E-state index contributed by atoms with van der Waals surface area (Å²) in [4.78, 5) is 0. The Kier molecular flexibility index (Phi) is 8.55. The van der Waals surface area contributed by atoms with Gasteiger partial charge in [-0.25, -0.2) is 8.78 Å². The van der Waals surface area contributed by atoms with E-state index < -0.39 is 36.1 Å². The summed E-state index contributed by atoms with van der Waals surface area (Å²) in [6.45, 7) is 3.88. The number of halogens is 2. The molecule has 1 saturated carbocycles. The predicted octanol–water partition coefficient (Wildman–Crippen LogP) is 5.46. The Hall–Kier alpha value is -1.86. The maximum absolute atomic E-state index is 15.5. The molecule has 0 radical (unpaired) electrons. The fourth-order valence-corrected chi connectivity index (χ4v) is 4.43. The largest absolute Gasteiger partial charge is 0.370 e. The fraction of sp³-hybridized carbons (Fsp3) is 0.520. The van der Waals surface area contributed by atoms with E-state index in [4.69, 9.17) is 18.9 Å². The Balaban J connectivity index is 1.87. The van der Waals surface area contributed by atoms with Crippen LogP contribution in [0.3, 0.4) is 0 Å². The van der Waals surface area contributed by atoms with Crippen LogP contribution in [0.5, 0.6) is 0 Å². The highest BCUT2D eigenvalue weighted by Gasteiger charge is 2.61. The van der Waals surface area contributed by atoms with Crippen LogP contribution < -0.4 is 0 Å². The first kappa shape index (κ1) is 23.8. The zero-order valence-electron chi connectivity index (χ0n) is 18.4. The van der Waals surface area contributed by atoms with Crippen LogP contribution in [-0.4, -0.2) is 38.1 Å².